The van der Waals surface area contributed by atoms with Gasteiger partial charge in [-0.05, 0) is 38.0 Å². The van der Waals surface area contributed by atoms with Gasteiger partial charge >= 0.3 is 0 Å². The molecule has 0 saturated carbocycles. The molecule has 2 aliphatic rings. The Hall–Kier alpha value is -1.86. The molecule has 0 aromatic heterocycles. The van der Waals surface area contributed by atoms with Gasteiger partial charge in [0.05, 0.1) is 26.4 Å². The van der Waals surface area contributed by atoms with Gasteiger partial charge in [-0.15, -0.1) is 0 Å². The molecule has 0 amide bonds. The van der Waals surface area contributed by atoms with Crippen molar-refractivity contribution in [2.75, 3.05) is 52.5 Å². The van der Waals surface area contributed by atoms with Gasteiger partial charge in [-0.3, -0.25) is 4.90 Å². The van der Waals surface area contributed by atoms with Gasteiger partial charge in [-0.1, -0.05) is 6.07 Å². The van der Waals surface area contributed by atoms with Crippen LogP contribution >= 0.6 is 0 Å². The van der Waals surface area contributed by atoms with Crippen LogP contribution in [0.25, 0.3) is 0 Å². The van der Waals surface area contributed by atoms with Gasteiger partial charge in [0.15, 0.2) is 17.5 Å². The summed E-state index contributed by atoms with van der Waals surface area (Å²) in [6, 6.07) is 5.63. The molecule has 7 heteroatoms. The minimum atomic E-state index is -0.330. The third-order valence-electron chi connectivity index (χ3n) is 5.07. The molecule has 1 N–H and O–H groups in total. The summed E-state index contributed by atoms with van der Waals surface area (Å²) in [6.45, 7) is 11.3. The number of hydrogen-bond donors (Lipinski definition) is 1. The van der Waals surface area contributed by atoms with E-state index in [-0.39, 0.29) is 5.82 Å². The summed E-state index contributed by atoms with van der Waals surface area (Å²) in [7, 11) is 0. The molecule has 1 atom stereocenters. The van der Waals surface area contributed by atoms with Crippen LogP contribution in [0.2, 0.25) is 0 Å². The third-order valence-corrected chi connectivity index (χ3v) is 5.07. The first-order chi connectivity index (χ1) is 13.2. The normalized spacial score (nSPS) is 21.5. The van der Waals surface area contributed by atoms with Gasteiger partial charge < -0.3 is 19.7 Å². The van der Waals surface area contributed by atoms with Crippen LogP contribution in [0.5, 0.6) is 5.75 Å². The van der Waals surface area contributed by atoms with Crippen LogP contribution in [0.1, 0.15) is 25.8 Å². The van der Waals surface area contributed by atoms with E-state index < -0.39 is 0 Å². The number of nitrogens with zero attached hydrogens (tertiary/aromatic N) is 3. The van der Waals surface area contributed by atoms with Crippen LogP contribution in [0.4, 0.5) is 4.39 Å². The number of rotatable bonds is 6. The van der Waals surface area contributed by atoms with E-state index >= 15 is 0 Å². The Morgan fingerprint density at radius 1 is 1.30 bits per heavy atom. The molecule has 2 aliphatic heterocycles. The van der Waals surface area contributed by atoms with Crippen molar-refractivity contribution >= 4 is 5.96 Å². The zero-order valence-corrected chi connectivity index (χ0v) is 16.4. The Bertz CT molecular complexity index is 634. The minimum absolute atomic E-state index is 0.296. The van der Waals surface area contributed by atoms with Crippen molar-refractivity contribution in [3.05, 3.63) is 29.6 Å². The lowest BCUT2D eigenvalue weighted by molar-refractivity contribution is 0.0195. The van der Waals surface area contributed by atoms with E-state index in [2.05, 4.69) is 22.0 Å². The Labute approximate surface area is 161 Å². The Kier molecular flexibility index (Phi) is 7.29. The second-order valence-electron chi connectivity index (χ2n) is 6.90. The Balaban J connectivity index is 1.62. The molecule has 0 aliphatic carbocycles. The van der Waals surface area contributed by atoms with Crippen molar-refractivity contribution in [1.29, 1.82) is 0 Å². The van der Waals surface area contributed by atoms with Crippen molar-refractivity contribution in [2.24, 2.45) is 4.99 Å². The number of aliphatic imine (C=N–C) groups is 1. The highest BCUT2D eigenvalue weighted by Crippen LogP contribution is 2.20. The summed E-state index contributed by atoms with van der Waals surface area (Å²) >= 11 is 0. The zero-order chi connectivity index (χ0) is 19.1. The summed E-state index contributed by atoms with van der Waals surface area (Å²) in [5.74, 6) is 0.871. The SMILES string of the molecule is CCNC(=NCc1ccc(OCC)c(F)c1)N1CCC(N2CCOCC2)C1. The standard InChI is InChI=1S/C20H31FN4O2/c1-3-22-20(23-14-16-5-6-19(27-4-2)18(21)13-16)25-8-7-17(15-25)24-9-11-26-12-10-24/h5-6,13,17H,3-4,7-12,14-15H2,1-2H3,(H,22,23). The van der Waals surface area contributed by atoms with Crippen LogP contribution in [0, 0.1) is 5.82 Å². The molecule has 2 heterocycles. The Morgan fingerprint density at radius 2 is 2.11 bits per heavy atom. The molecular weight excluding hydrogens is 347 g/mol. The first-order valence-corrected chi connectivity index (χ1v) is 9.97. The predicted octanol–water partition coefficient (Wildman–Crippen LogP) is 2.10. The number of likely N-dealkylation sites (tertiary alicyclic amines) is 1. The van der Waals surface area contributed by atoms with Crippen LogP contribution in [0.15, 0.2) is 23.2 Å². The topological polar surface area (TPSA) is 49.3 Å². The molecule has 1 aromatic rings. The van der Waals surface area contributed by atoms with Crippen molar-refractivity contribution < 1.29 is 13.9 Å². The molecule has 1 aromatic carbocycles. The molecule has 2 saturated heterocycles. The molecule has 27 heavy (non-hydrogen) atoms. The molecule has 6 nitrogen and oxygen atoms in total. The van der Waals surface area contributed by atoms with Crippen molar-refractivity contribution in [1.82, 2.24) is 15.1 Å². The predicted molar refractivity (Wildman–Crippen MR) is 105 cm³/mol. The lowest BCUT2D eigenvalue weighted by atomic mass is 10.2. The number of nitrogens with one attached hydrogen (secondary N) is 1. The van der Waals surface area contributed by atoms with E-state index in [4.69, 9.17) is 14.5 Å². The molecule has 150 valence electrons. The smallest absolute Gasteiger partial charge is 0.194 e. The first kappa shape index (κ1) is 19.9. The van der Waals surface area contributed by atoms with Crippen LogP contribution < -0.4 is 10.1 Å². The number of ether oxygens (including phenoxy) is 2. The lowest BCUT2D eigenvalue weighted by Crippen LogP contribution is -2.46. The van der Waals surface area contributed by atoms with Gasteiger partial charge in [-0.2, -0.15) is 0 Å². The minimum Gasteiger partial charge on any atom is -0.491 e. The molecule has 0 spiro atoms. The summed E-state index contributed by atoms with van der Waals surface area (Å²) < 4.78 is 24.8. The van der Waals surface area contributed by atoms with Gasteiger partial charge in [0.25, 0.3) is 0 Å². The highest BCUT2D eigenvalue weighted by atomic mass is 19.1. The summed E-state index contributed by atoms with van der Waals surface area (Å²) in [5.41, 5.74) is 0.843. The summed E-state index contributed by atoms with van der Waals surface area (Å²) in [5, 5.41) is 3.38. The third kappa shape index (κ3) is 5.32. The van der Waals surface area contributed by atoms with Gasteiger partial charge in [0, 0.05) is 38.8 Å². The second kappa shape index (κ2) is 9.90. The van der Waals surface area contributed by atoms with E-state index in [1.54, 1.807) is 6.07 Å². The number of benzene rings is 1. The van der Waals surface area contributed by atoms with E-state index in [0.717, 1.165) is 63.9 Å². The van der Waals surface area contributed by atoms with Gasteiger partial charge in [-0.25, -0.2) is 9.38 Å². The number of hydrogen-bond acceptors (Lipinski definition) is 4. The zero-order valence-electron chi connectivity index (χ0n) is 16.4. The molecule has 0 bridgehead atoms. The second-order valence-corrected chi connectivity index (χ2v) is 6.90. The molecular formula is C20H31FN4O2. The van der Waals surface area contributed by atoms with Crippen LogP contribution in [0.3, 0.4) is 0 Å². The first-order valence-electron chi connectivity index (χ1n) is 9.97. The number of halogens is 1. The average Bonchev–Trinajstić information content (AvgIpc) is 3.18. The van der Waals surface area contributed by atoms with Gasteiger partial charge in [0.2, 0.25) is 0 Å². The average molecular weight is 378 g/mol. The van der Waals surface area contributed by atoms with E-state index in [9.17, 15) is 4.39 Å². The van der Waals surface area contributed by atoms with Crippen LogP contribution in [-0.4, -0.2) is 74.3 Å². The molecule has 3 rings (SSSR count). The quantitative estimate of drug-likeness (QED) is 0.607. The summed E-state index contributed by atoms with van der Waals surface area (Å²) in [4.78, 5) is 9.58. The highest BCUT2D eigenvalue weighted by molar-refractivity contribution is 5.80. The molecule has 2 fully saturated rings. The van der Waals surface area contributed by atoms with Gasteiger partial charge in [0.1, 0.15) is 0 Å². The number of morpholine rings is 1. The fourth-order valence-electron chi connectivity index (χ4n) is 3.68. The molecule has 1 unspecified atom stereocenters. The Morgan fingerprint density at radius 3 is 2.81 bits per heavy atom. The maximum Gasteiger partial charge on any atom is 0.194 e. The number of guanidine groups is 1. The largest absolute Gasteiger partial charge is 0.491 e. The van der Waals surface area contributed by atoms with Crippen molar-refractivity contribution in [2.45, 2.75) is 32.9 Å². The van der Waals surface area contributed by atoms with Crippen molar-refractivity contribution in [3.8, 4) is 5.75 Å². The fraction of sp³-hybridized carbons (Fsp3) is 0.650. The monoisotopic (exact) mass is 378 g/mol. The fourth-order valence-corrected chi connectivity index (χ4v) is 3.68. The maximum atomic E-state index is 14.1. The van der Waals surface area contributed by atoms with Crippen molar-refractivity contribution in [3.63, 3.8) is 0 Å². The lowest BCUT2D eigenvalue weighted by Gasteiger charge is -2.32. The maximum absolute atomic E-state index is 14.1. The van der Waals surface area contributed by atoms with Crippen LogP contribution in [-0.2, 0) is 11.3 Å². The molecule has 0 radical (unpaired) electrons. The van der Waals surface area contributed by atoms with E-state index in [1.807, 2.05) is 13.0 Å². The highest BCUT2D eigenvalue weighted by Gasteiger charge is 2.30. The van der Waals surface area contributed by atoms with E-state index in [1.165, 1.54) is 6.07 Å². The summed E-state index contributed by atoms with van der Waals surface area (Å²) in [6.07, 6.45) is 1.14. The van der Waals surface area contributed by atoms with E-state index in [0.29, 0.717) is 24.9 Å².